The van der Waals surface area contributed by atoms with Crippen LogP contribution in [-0.2, 0) is 16.1 Å². The monoisotopic (exact) mass is 419 g/mol. The summed E-state index contributed by atoms with van der Waals surface area (Å²) < 4.78 is 0. The van der Waals surface area contributed by atoms with Crippen LogP contribution in [0.4, 0.5) is 0 Å². The molecule has 0 aliphatic heterocycles. The maximum absolute atomic E-state index is 13.2. The summed E-state index contributed by atoms with van der Waals surface area (Å²) in [4.78, 5) is 39.0. The molecule has 31 heavy (non-hydrogen) atoms. The molecule has 6 nitrogen and oxygen atoms in total. The summed E-state index contributed by atoms with van der Waals surface area (Å²) >= 11 is 0. The van der Waals surface area contributed by atoms with Gasteiger partial charge < -0.3 is 15.5 Å². The predicted molar refractivity (Wildman–Crippen MR) is 118 cm³/mol. The fourth-order valence-corrected chi connectivity index (χ4v) is 3.74. The second kappa shape index (κ2) is 9.33. The zero-order valence-corrected chi connectivity index (χ0v) is 17.8. The lowest BCUT2D eigenvalue weighted by Crippen LogP contribution is -2.37. The Morgan fingerprint density at radius 1 is 0.968 bits per heavy atom. The minimum absolute atomic E-state index is 0.0284. The van der Waals surface area contributed by atoms with Crippen molar-refractivity contribution in [2.45, 2.75) is 63.7 Å². The Bertz CT molecular complexity index is 934. The molecule has 2 aromatic carbocycles. The molecule has 2 N–H and O–H groups in total. The molecule has 0 heterocycles. The third kappa shape index (κ3) is 5.94. The first-order chi connectivity index (χ1) is 15.0. The van der Waals surface area contributed by atoms with Gasteiger partial charge in [0, 0.05) is 31.1 Å². The summed E-state index contributed by atoms with van der Waals surface area (Å²) in [5.74, 6) is -0.162. The van der Waals surface area contributed by atoms with Gasteiger partial charge in [-0.25, -0.2) is 0 Å². The van der Waals surface area contributed by atoms with Crippen LogP contribution in [0.25, 0.3) is 0 Å². The van der Waals surface area contributed by atoms with E-state index in [4.69, 9.17) is 0 Å². The number of benzene rings is 2. The van der Waals surface area contributed by atoms with Gasteiger partial charge >= 0.3 is 0 Å². The van der Waals surface area contributed by atoms with Crippen LogP contribution in [0, 0.1) is 0 Å². The zero-order chi connectivity index (χ0) is 21.8. The van der Waals surface area contributed by atoms with Crippen molar-refractivity contribution in [1.82, 2.24) is 15.5 Å². The smallest absolute Gasteiger partial charge is 0.251 e. The number of nitrogens with zero attached hydrogens (tertiary/aromatic N) is 1. The topological polar surface area (TPSA) is 78.5 Å². The van der Waals surface area contributed by atoms with E-state index in [2.05, 4.69) is 10.6 Å². The molecule has 0 saturated heterocycles. The van der Waals surface area contributed by atoms with Crippen LogP contribution in [0.1, 0.15) is 66.6 Å². The summed E-state index contributed by atoms with van der Waals surface area (Å²) in [6, 6.07) is 17.3. The lowest BCUT2D eigenvalue weighted by molar-refractivity contribution is -0.133. The molecule has 2 aromatic rings. The lowest BCUT2D eigenvalue weighted by atomic mass is 10.0. The first kappa shape index (κ1) is 21.1. The minimum Gasteiger partial charge on any atom is -0.349 e. The molecule has 4 rings (SSSR count). The molecule has 1 atom stereocenters. The maximum Gasteiger partial charge on any atom is 0.251 e. The van der Waals surface area contributed by atoms with Crippen LogP contribution in [0.5, 0.6) is 0 Å². The molecule has 2 aliphatic rings. The summed E-state index contributed by atoms with van der Waals surface area (Å²) in [6.45, 7) is 1.98. The molecule has 2 aliphatic carbocycles. The average Bonchev–Trinajstić information content (AvgIpc) is 3.67. The quantitative estimate of drug-likeness (QED) is 0.654. The van der Waals surface area contributed by atoms with Crippen LogP contribution in [-0.4, -0.2) is 34.7 Å². The van der Waals surface area contributed by atoms with E-state index < -0.39 is 0 Å². The molecule has 0 bridgehead atoms. The lowest BCUT2D eigenvalue weighted by Gasteiger charge is -2.26. The summed E-state index contributed by atoms with van der Waals surface area (Å²) in [7, 11) is 0. The fourth-order valence-electron chi connectivity index (χ4n) is 3.74. The van der Waals surface area contributed by atoms with Crippen molar-refractivity contribution in [1.29, 1.82) is 0 Å². The third-order valence-electron chi connectivity index (χ3n) is 5.75. The molecule has 162 valence electrons. The minimum atomic E-state index is -0.346. The highest BCUT2D eigenvalue weighted by atomic mass is 16.2. The number of carbonyl (C=O) groups excluding carboxylic acids is 3. The molecule has 0 aromatic heterocycles. The van der Waals surface area contributed by atoms with Gasteiger partial charge in [-0.3, -0.25) is 14.4 Å². The fraction of sp³-hybridized carbons (Fsp3) is 0.400. The SMILES string of the molecule is CC(=O)NC(CC(=O)N(Cc1ccc(C(=O)NC2CC2)cc1)C1CC1)c1ccccc1. The van der Waals surface area contributed by atoms with E-state index in [1.54, 1.807) is 0 Å². The molecule has 0 radical (unpaired) electrons. The van der Waals surface area contributed by atoms with Gasteiger partial charge in [-0.05, 0) is 48.9 Å². The van der Waals surface area contributed by atoms with Gasteiger partial charge in [0.2, 0.25) is 11.8 Å². The molecular weight excluding hydrogens is 390 g/mol. The summed E-state index contributed by atoms with van der Waals surface area (Å²) in [5.41, 5.74) is 2.57. The number of rotatable bonds is 9. The van der Waals surface area contributed by atoms with Gasteiger partial charge in [0.15, 0.2) is 0 Å². The number of hydrogen-bond acceptors (Lipinski definition) is 3. The normalized spacial score (nSPS) is 16.3. The van der Waals surface area contributed by atoms with E-state index in [-0.39, 0.29) is 36.2 Å². The number of carbonyl (C=O) groups is 3. The van der Waals surface area contributed by atoms with Crippen molar-refractivity contribution in [3.8, 4) is 0 Å². The largest absolute Gasteiger partial charge is 0.349 e. The predicted octanol–water partition coefficient (Wildman–Crippen LogP) is 3.34. The maximum atomic E-state index is 13.2. The van der Waals surface area contributed by atoms with Crippen molar-refractivity contribution >= 4 is 17.7 Å². The second-order valence-corrected chi connectivity index (χ2v) is 8.57. The van der Waals surface area contributed by atoms with Crippen molar-refractivity contribution in [3.63, 3.8) is 0 Å². The van der Waals surface area contributed by atoms with Crippen LogP contribution in [0.15, 0.2) is 54.6 Å². The molecule has 2 saturated carbocycles. The number of amides is 3. The molecular formula is C25H29N3O3. The molecule has 6 heteroatoms. The zero-order valence-electron chi connectivity index (χ0n) is 17.8. The first-order valence-electron chi connectivity index (χ1n) is 11.0. The Kier molecular flexibility index (Phi) is 6.35. The second-order valence-electron chi connectivity index (χ2n) is 8.57. The first-order valence-corrected chi connectivity index (χ1v) is 11.0. The number of hydrogen-bond donors (Lipinski definition) is 2. The van der Waals surface area contributed by atoms with Crippen molar-refractivity contribution in [2.75, 3.05) is 0 Å². The van der Waals surface area contributed by atoms with Crippen molar-refractivity contribution in [2.24, 2.45) is 0 Å². The van der Waals surface area contributed by atoms with Gasteiger partial charge in [0.1, 0.15) is 0 Å². The molecule has 3 amide bonds. The van der Waals surface area contributed by atoms with Gasteiger partial charge in [-0.1, -0.05) is 42.5 Å². The van der Waals surface area contributed by atoms with Gasteiger partial charge in [-0.15, -0.1) is 0 Å². The van der Waals surface area contributed by atoms with E-state index in [9.17, 15) is 14.4 Å². The Morgan fingerprint density at radius 2 is 1.65 bits per heavy atom. The Morgan fingerprint density at radius 3 is 2.23 bits per heavy atom. The van der Waals surface area contributed by atoms with Crippen molar-refractivity contribution < 1.29 is 14.4 Å². The summed E-state index contributed by atoms with van der Waals surface area (Å²) in [5, 5.41) is 5.91. The van der Waals surface area contributed by atoms with Gasteiger partial charge in [-0.2, -0.15) is 0 Å². The van der Waals surface area contributed by atoms with Crippen molar-refractivity contribution in [3.05, 3.63) is 71.3 Å². The molecule has 1 unspecified atom stereocenters. The molecule has 0 spiro atoms. The van der Waals surface area contributed by atoms with Crippen LogP contribution in [0.3, 0.4) is 0 Å². The van der Waals surface area contributed by atoms with Crippen LogP contribution < -0.4 is 10.6 Å². The van der Waals surface area contributed by atoms with E-state index in [1.807, 2.05) is 59.5 Å². The van der Waals surface area contributed by atoms with Crippen LogP contribution in [0.2, 0.25) is 0 Å². The summed E-state index contributed by atoms with van der Waals surface area (Å²) in [6.07, 6.45) is 4.35. The highest BCUT2D eigenvalue weighted by Gasteiger charge is 2.33. The van der Waals surface area contributed by atoms with E-state index in [0.29, 0.717) is 18.2 Å². The van der Waals surface area contributed by atoms with Gasteiger partial charge in [0.25, 0.3) is 5.91 Å². The van der Waals surface area contributed by atoms with E-state index in [0.717, 1.165) is 36.8 Å². The Hall–Kier alpha value is -3.15. The number of nitrogens with one attached hydrogen (secondary N) is 2. The van der Waals surface area contributed by atoms with E-state index in [1.165, 1.54) is 6.92 Å². The average molecular weight is 420 g/mol. The Balaban J connectivity index is 1.42. The standard InChI is InChI=1S/C25H29N3O3/c1-17(29)26-23(19-5-3-2-4-6-19)15-24(30)28(22-13-14-22)16-18-7-9-20(10-8-18)25(31)27-21-11-12-21/h2-10,21-23H,11-16H2,1H3,(H,26,29)(H,27,31). The Labute approximate surface area is 183 Å². The highest BCUT2D eigenvalue weighted by Crippen LogP contribution is 2.30. The third-order valence-corrected chi connectivity index (χ3v) is 5.75. The van der Waals surface area contributed by atoms with E-state index >= 15 is 0 Å². The van der Waals surface area contributed by atoms with Crippen LogP contribution >= 0.6 is 0 Å². The highest BCUT2D eigenvalue weighted by molar-refractivity contribution is 5.94. The van der Waals surface area contributed by atoms with Gasteiger partial charge in [0.05, 0.1) is 12.5 Å². The molecule has 2 fully saturated rings.